The molecule has 0 aromatic heterocycles. The molecule has 1 unspecified atom stereocenters. The zero-order chi connectivity index (χ0) is 18.8. The number of benzodiazepines with no additional fused rings is 1. The van der Waals surface area contributed by atoms with E-state index >= 15 is 0 Å². The maximum Gasteiger partial charge on any atom is 0.251 e. The summed E-state index contributed by atoms with van der Waals surface area (Å²) in [4.78, 5) is 20.0. The fraction of sp³-hybridized carbons (Fsp3) is 0.391. The molecule has 1 atom stereocenters. The highest BCUT2D eigenvalue weighted by Gasteiger charge is 2.32. The van der Waals surface area contributed by atoms with Crippen LogP contribution in [0.1, 0.15) is 49.7 Å². The van der Waals surface area contributed by atoms with Crippen LogP contribution >= 0.6 is 11.6 Å². The number of rotatable bonds is 3. The first-order chi connectivity index (χ1) is 13.1. The van der Waals surface area contributed by atoms with Crippen molar-refractivity contribution < 1.29 is 4.79 Å². The molecule has 4 rings (SSSR count). The van der Waals surface area contributed by atoms with Crippen LogP contribution in [-0.2, 0) is 4.79 Å². The predicted molar refractivity (Wildman–Crippen MR) is 112 cm³/mol. The lowest BCUT2D eigenvalue weighted by Gasteiger charge is -2.26. The third-order valence-corrected chi connectivity index (χ3v) is 6.04. The number of hydrogen-bond acceptors (Lipinski definition) is 2. The predicted octanol–water partition coefficient (Wildman–Crippen LogP) is 5.49. The number of aliphatic imine (C=N–C) groups is 1. The van der Waals surface area contributed by atoms with Crippen LogP contribution in [0.5, 0.6) is 0 Å². The Morgan fingerprint density at radius 1 is 1.07 bits per heavy atom. The molecule has 1 amide bonds. The van der Waals surface area contributed by atoms with Gasteiger partial charge in [-0.2, -0.15) is 0 Å². The summed E-state index contributed by atoms with van der Waals surface area (Å²) in [6, 6.07) is 15.5. The van der Waals surface area contributed by atoms with Crippen LogP contribution < -0.4 is 4.90 Å². The molecule has 0 radical (unpaired) electrons. The number of amides is 1. The molecule has 1 heterocycles. The fourth-order valence-electron chi connectivity index (χ4n) is 4.33. The van der Waals surface area contributed by atoms with E-state index < -0.39 is 0 Å². The van der Waals surface area contributed by atoms with Gasteiger partial charge < -0.3 is 4.90 Å². The monoisotopic (exact) mass is 380 g/mol. The Balaban J connectivity index is 1.79. The number of halogens is 1. The molecule has 2 aromatic rings. The number of carbonyl (C=O) groups excluding carboxylic acids is 1. The Morgan fingerprint density at radius 3 is 2.56 bits per heavy atom. The number of benzene rings is 2. The molecule has 1 aliphatic carbocycles. The van der Waals surface area contributed by atoms with Gasteiger partial charge in [0, 0.05) is 23.2 Å². The lowest BCUT2D eigenvalue weighted by molar-refractivity contribution is -0.119. The normalized spacial score (nSPS) is 20.8. The molecule has 27 heavy (non-hydrogen) atoms. The van der Waals surface area contributed by atoms with Crippen molar-refractivity contribution in [2.75, 3.05) is 11.9 Å². The zero-order valence-corrected chi connectivity index (χ0v) is 16.5. The van der Waals surface area contributed by atoms with Gasteiger partial charge in [0.05, 0.1) is 11.4 Å². The molecule has 3 nitrogen and oxygen atoms in total. The first-order valence-electron chi connectivity index (χ1n) is 9.84. The number of carbonyl (C=O) groups is 1. The van der Waals surface area contributed by atoms with Gasteiger partial charge in [0.15, 0.2) is 0 Å². The first-order valence-corrected chi connectivity index (χ1v) is 10.2. The summed E-state index contributed by atoms with van der Waals surface area (Å²) >= 11 is 6.30. The Labute approximate surface area is 166 Å². The van der Waals surface area contributed by atoms with Crippen LogP contribution in [0.4, 0.5) is 5.69 Å². The second-order valence-corrected chi connectivity index (χ2v) is 8.09. The van der Waals surface area contributed by atoms with Crippen molar-refractivity contribution in [2.24, 2.45) is 10.9 Å². The summed E-state index contributed by atoms with van der Waals surface area (Å²) in [7, 11) is 1.85. The minimum Gasteiger partial charge on any atom is -0.313 e. The number of likely N-dealkylation sites (N-methyl/N-ethyl adjacent to an activating group) is 1. The topological polar surface area (TPSA) is 32.7 Å². The maximum atomic E-state index is 13.2. The molecule has 2 aromatic carbocycles. The summed E-state index contributed by atoms with van der Waals surface area (Å²) in [5.74, 6) is 0.668. The van der Waals surface area contributed by atoms with Gasteiger partial charge in [0.2, 0.25) is 0 Å². The second-order valence-electron chi connectivity index (χ2n) is 7.66. The van der Waals surface area contributed by atoms with Crippen molar-refractivity contribution >= 4 is 28.9 Å². The summed E-state index contributed by atoms with van der Waals surface area (Å²) in [6.45, 7) is 0. The largest absolute Gasteiger partial charge is 0.313 e. The van der Waals surface area contributed by atoms with E-state index in [1.807, 2.05) is 43.4 Å². The third-order valence-electron chi connectivity index (χ3n) is 5.80. The van der Waals surface area contributed by atoms with Crippen LogP contribution in [0.2, 0.25) is 5.02 Å². The molecular weight excluding hydrogens is 356 g/mol. The Hall–Kier alpha value is -2.13. The summed E-state index contributed by atoms with van der Waals surface area (Å²) in [6.07, 6.45) is 7.11. The number of fused-ring (bicyclic) bond motifs is 1. The van der Waals surface area contributed by atoms with Crippen LogP contribution in [0.3, 0.4) is 0 Å². The van der Waals surface area contributed by atoms with E-state index in [0.717, 1.165) is 28.9 Å². The van der Waals surface area contributed by atoms with E-state index in [9.17, 15) is 4.79 Å². The average molecular weight is 381 g/mol. The minimum absolute atomic E-state index is 0.0788. The molecule has 0 saturated heterocycles. The van der Waals surface area contributed by atoms with E-state index in [4.69, 9.17) is 16.6 Å². The third kappa shape index (κ3) is 3.79. The molecular formula is C23H25ClN2O. The highest BCUT2D eigenvalue weighted by Crippen LogP contribution is 2.34. The van der Waals surface area contributed by atoms with Gasteiger partial charge in [0.25, 0.3) is 5.91 Å². The lowest BCUT2D eigenvalue weighted by Crippen LogP contribution is -2.36. The molecule has 0 N–H and O–H groups in total. The molecule has 1 aliphatic heterocycles. The molecule has 0 spiro atoms. The van der Waals surface area contributed by atoms with Gasteiger partial charge in [-0.05, 0) is 30.5 Å². The maximum absolute atomic E-state index is 13.2. The zero-order valence-electron chi connectivity index (χ0n) is 15.7. The van der Waals surface area contributed by atoms with Crippen LogP contribution in [0.15, 0.2) is 53.5 Å². The summed E-state index contributed by atoms with van der Waals surface area (Å²) in [5.41, 5.74) is 3.69. The number of hydrogen-bond donors (Lipinski definition) is 0. The van der Waals surface area contributed by atoms with Gasteiger partial charge in [-0.15, -0.1) is 0 Å². The van der Waals surface area contributed by atoms with Crippen molar-refractivity contribution in [2.45, 2.75) is 44.6 Å². The number of anilines is 1. The van der Waals surface area contributed by atoms with Crippen molar-refractivity contribution in [3.63, 3.8) is 0 Å². The van der Waals surface area contributed by atoms with Gasteiger partial charge in [0.1, 0.15) is 6.04 Å². The second kappa shape index (κ2) is 7.85. The Morgan fingerprint density at radius 2 is 1.81 bits per heavy atom. The van der Waals surface area contributed by atoms with E-state index in [0.29, 0.717) is 10.9 Å². The first kappa shape index (κ1) is 18.2. The number of nitrogens with zero attached hydrogens (tertiary/aromatic N) is 2. The summed E-state index contributed by atoms with van der Waals surface area (Å²) < 4.78 is 0. The van der Waals surface area contributed by atoms with E-state index in [1.165, 1.54) is 32.1 Å². The molecule has 140 valence electrons. The molecule has 1 saturated carbocycles. The molecule has 4 heteroatoms. The SMILES string of the molecule is CN1C(=O)C(CC2CCCCC2)N=C(c2ccccc2)c2cc(Cl)ccc21. The van der Waals surface area contributed by atoms with Crippen LogP contribution in [-0.4, -0.2) is 24.7 Å². The Kier molecular flexibility index (Phi) is 5.31. The fourth-order valence-corrected chi connectivity index (χ4v) is 4.50. The van der Waals surface area contributed by atoms with Crippen molar-refractivity contribution in [3.05, 3.63) is 64.7 Å². The van der Waals surface area contributed by atoms with Crippen LogP contribution in [0.25, 0.3) is 0 Å². The van der Waals surface area contributed by atoms with E-state index in [2.05, 4.69) is 12.1 Å². The smallest absolute Gasteiger partial charge is 0.251 e. The molecule has 0 bridgehead atoms. The van der Waals surface area contributed by atoms with E-state index in [-0.39, 0.29) is 11.9 Å². The summed E-state index contributed by atoms with van der Waals surface area (Å²) in [5, 5.41) is 0.656. The highest BCUT2D eigenvalue weighted by atomic mass is 35.5. The van der Waals surface area contributed by atoms with E-state index in [1.54, 1.807) is 4.90 Å². The van der Waals surface area contributed by atoms with Gasteiger partial charge in [-0.1, -0.05) is 74.0 Å². The lowest BCUT2D eigenvalue weighted by atomic mass is 9.84. The quantitative estimate of drug-likeness (QED) is 0.692. The van der Waals surface area contributed by atoms with Crippen molar-refractivity contribution in [3.8, 4) is 0 Å². The van der Waals surface area contributed by atoms with Crippen LogP contribution in [0, 0.1) is 5.92 Å². The molecule has 2 aliphatic rings. The van der Waals surface area contributed by atoms with Gasteiger partial charge in [-0.25, -0.2) is 0 Å². The standard InChI is InChI=1S/C23H25ClN2O/c1-26-21-13-12-18(24)15-19(21)22(17-10-6-3-7-11-17)25-20(23(26)27)14-16-8-4-2-5-9-16/h3,6-7,10-13,15-16,20H,2,4-5,8-9,14H2,1H3. The van der Waals surface area contributed by atoms with Gasteiger partial charge in [-0.3, -0.25) is 9.79 Å². The van der Waals surface area contributed by atoms with Gasteiger partial charge >= 0.3 is 0 Å². The average Bonchev–Trinajstić information content (AvgIpc) is 2.80. The Bertz CT molecular complexity index is 856. The minimum atomic E-state index is -0.334. The highest BCUT2D eigenvalue weighted by molar-refractivity contribution is 6.32. The van der Waals surface area contributed by atoms with Crippen molar-refractivity contribution in [1.82, 2.24) is 0 Å². The van der Waals surface area contributed by atoms with Crippen molar-refractivity contribution in [1.29, 1.82) is 0 Å². The molecule has 1 fully saturated rings.